The molecule has 1 fully saturated rings. The van der Waals surface area contributed by atoms with E-state index in [-0.39, 0.29) is 12.1 Å². The van der Waals surface area contributed by atoms with Crippen molar-refractivity contribution in [2.24, 2.45) is 4.99 Å². The van der Waals surface area contributed by atoms with Crippen LogP contribution < -0.4 is 5.32 Å². The number of pyridine rings is 1. The monoisotopic (exact) mass is 407 g/mol. The third kappa shape index (κ3) is 4.72. The van der Waals surface area contributed by atoms with Gasteiger partial charge in [0.05, 0.1) is 18.3 Å². The van der Waals surface area contributed by atoms with Gasteiger partial charge >= 0.3 is 6.09 Å². The van der Waals surface area contributed by atoms with E-state index in [1.807, 2.05) is 45.2 Å². The molecule has 0 saturated carbocycles. The maximum Gasteiger partial charge on any atom is 0.410 e. The van der Waals surface area contributed by atoms with Crippen molar-refractivity contribution in [2.45, 2.75) is 39.0 Å². The first-order valence-electron chi connectivity index (χ1n) is 10.4. The van der Waals surface area contributed by atoms with Gasteiger partial charge in [0.25, 0.3) is 0 Å². The van der Waals surface area contributed by atoms with Crippen molar-refractivity contribution in [1.82, 2.24) is 20.1 Å². The summed E-state index contributed by atoms with van der Waals surface area (Å²) < 4.78 is 5.52. The molecule has 1 atom stereocenters. The number of piperazine rings is 1. The number of amides is 1. The maximum atomic E-state index is 12.4. The van der Waals surface area contributed by atoms with Crippen LogP contribution in [-0.2, 0) is 11.3 Å². The first kappa shape index (κ1) is 20.2. The van der Waals surface area contributed by atoms with E-state index < -0.39 is 5.60 Å². The molecule has 158 valence electrons. The summed E-state index contributed by atoms with van der Waals surface area (Å²) in [6, 6.07) is 14.5. The molecule has 1 aromatic carbocycles. The molecule has 2 aromatic rings. The highest BCUT2D eigenvalue weighted by Gasteiger charge is 2.36. The molecule has 1 aromatic heterocycles. The van der Waals surface area contributed by atoms with Crippen LogP contribution in [0.2, 0.25) is 0 Å². The molecule has 7 heteroatoms. The third-order valence-electron chi connectivity index (χ3n) is 5.20. The van der Waals surface area contributed by atoms with Crippen molar-refractivity contribution < 1.29 is 9.53 Å². The molecular formula is C23H29N5O2. The molecular weight excluding hydrogens is 378 g/mol. The van der Waals surface area contributed by atoms with Crippen LogP contribution in [0.15, 0.2) is 53.7 Å². The number of carbonyl (C=O) groups excluding carboxylic acids is 1. The van der Waals surface area contributed by atoms with E-state index >= 15 is 0 Å². The number of rotatable bonds is 3. The van der Waals surface area contributed by atoms with Crippen molar-refractivity contribution in [2.75, 3.05) is 26.2 Å². The Balaban J connectivity index is 1.33. The first-order chi connectivity index (χ1) is 14.4. The van der Waals surface area contributed by atoms with E-state index in [9.17, 15) is 4.79 Å². The normalized spacial score (nSPS) is 18.6. The van der Waals surface area contributed by atoms with Crippen LogP contribution >= 0.6 is 0 Å². The van der Waals surface area contributed by atoms with Crippen molar-refractivity contribution in [3.05, 3.63) is 54.2 Å². The zero-order valence-electron chi connectivity index (χ0n) is 17.8. The summed E-state index contributed by atoms with van der Waals surface area (Å²) in [6.45, 7) is 9.10. The van der Waals surface area contributed by atoms with E-state index in [1.165, 1.54) is 5.56 Å². The largest absolute Gasteiger partial charge is 0.444 e. The number of hydrogen-bond acceptors (Lipinski definition) is 6. The van der Waals surface area contributed by atoms with Gasteiger partial charge in [-0.05, 0) is 44.5 Å². The van der Waals surface area contributed by atoms with Crippen LogP contribution in [0.4, 0.5) is 4.79 Å². The lowest BCUT2D eigenvalue weighted by Gasteiger charge is -2.39. The van der Waals surface area contributed by atoms with Crippen molar-refractivity contribution in [3.8, 4) is 11.3 Å². The van der Waals surface area contributed by atoms with Gasteiger partial charge in [-0.2, -0.15) is 0 Å². The van der Waals surface area contributed by atoms with Crippen molar-refractivity contribution in [3.63, 3.8) is 0 Å². The van der Waals surface area contributed by atoms with Crippen LogP contribution in [0.25, 0.3) is 11.3 Å². The highest BCUT2D eigenvalue weighted by Crippen LogP contribution is 2.20. The standard InChI is InChI=1S/C23H29N5O2/c1-23(2,3)30-22(29)27-11-12-28-19(16-27)15-26-21(28)25-14-17-7-6-8-18(13-17)20-9-4-5-10-24-20/h4-10,13,19H,11-12,14-16H2,1-3H3,(H,25,26). The summed E-state index contributed by atoms with van der Waals surface area (Å²) in [4.78, 5) is 25.5. The fourth-order valence-electron chi connectivity index (χ4n) is 3.78. The van der Waals surface area contributed by atoms with Crippen LogP contribution in [0.1, 0.15) is 26.3 Å². The molecule has 0 spiro atoms. The molecule has 7 nitrogen and oxygen atoms in total. The third-order valence-corrected chi connectivity index (χ3v) is 5.20. The maximum absolute atomic E-state index is 12.4. The number of guanidine groups is 1. The van der Waals surface area contributed by atoms with Crippen molar-refractivity contribution >= 4 is 12.1 Å². The van der Waals surface area contributed by atoms with Gasteiger partial charge in [-0.15, -0.1) is 0 Å². The lowest BCUT2D eigenvalue weighted by molar-refractivity contribution is 0.0137. The van der Waals surface area contributed by atoms with Crippen molar-refractivity contribution in [1.29, 1.82) is 0 Å². The van der Waals surface area contributed by atoms with E-state index in [2.05, 4.69) is 44.5 Å². The number of ether oxygens (including phenoxy) is 1. The summed E-state index contributed by atoms with van der Waals surface area (Å²) >= 11 is 0. The molecule has 4 rings (SSSR count). The van der Waals surface area contributed by atoms with Gasteiger partial charge in [0.2, 0.25) is 0 Å². The summed E-state index contributed by atoms with van der Waals surface area (Å²) in [5.74, 6) is 0.909. The highest BCUT2D eigenvalue weighted by molar-refractivity contribution is 5.82. The van der Waals surface area contributed by atoms with Crippen LogP contribution in [-0.4, -0.2) is 64.7 Å². The predicted octanol–water partition coefficient (Wildman–Crippen LogP) is 3.13. The van der Waals surface area contributed by atoms with Gasteiger partial charge in [0, 0.05) is 37.9 Å². The summed E-state index contributed by atoms with van der Waals surface area (Å²) in [7, 11) is 0. The lowest BCUT2D eigenvalue weighted by atomic mass is 10.1. The second-order valence-corrected chi connectivity index (χ2v) is 8.71. The second kappa shape index (κ2) is 8.34. The minimum absolute atomic E-state index is 0.202. The first-order valence-corrected chi connectivity index (χ1v) is 10.4. The van der Waals surface area contributed by atoms with Gasteiger partial charge in [0.15, 0.2) is 5.96 Å². The van der Waals surface area contributed by atoms with E-state index in [0.717, 1.165) is 23.8 Å². The number of nitrogens with zero attached hydrogens (tertiary/aromatic N) is 4. The SMILES string of the molecule is CC(C)(C)OC(=O)N1CCN2C(NCc3cccc(-c4ccccn4)c3)=NCC2C1. The van der Waals surface area contributed by atoms with Gasteiger partial charge in [-0.1, -0.05) is 24.3 Å². The Labute approximate surface area is 177 Å². The molecule has 30 heavy (non-hydrogen) atoms. The van der Waals surface area contributed by atoms with Crippen LogP contribution in [0, 0.1) is 0 Å². The second-order valence-electron chi connectivity index (χ2n) is 8.71. The van der Waals surface area contributed by atoms with Gasteiger partial charge in [-0.3, -0.25) is 9.98 Å². The van der Waals surface area contributed by atoms with E-state index in [1.54, 1.807) is 4.90 Å². The Morgan fingerprint density at radius 1 is 1.20 bits per heavy atom. The highest BCUT2D eigenvalue weighted by atomic mass is 16.6. The molecule has 3 heterocycles. The number of carbonyl (C=O) groups is 1. The predicted molar refractivity (Wildman–Crippen MR) is 117 cm³/mol. The molecule has 2 aliphatic rings. The molecule has 2 aliphatic heterocycles. The van der Waals surface area contributed by atoms with Gasteiger partial charge in [0.1, 0.15) is 5.60 Å². The number of benzene rings is 1. The summed E-state index contributed by atoms with van der Waals surface area (Å²) in [5, 5.41) is 3.48. The molecule has 0 bridgehead atoms. The number of aliphatic imine (C=N–C) groups is 1. The average Bonchev–Trinajstić information content (AvgIpc) is 3.14. The molecule has 0 aliphatic carbocycles. The number of aromatic nitrogens is 1. The molecule has 1 N–H and O–H groups in total. The topological polar surface area (TPSA) is 70.1 Å². The Bertz CT molecular complexity index is 923. The molecule has 1 saturated heterocycles. The minimum atomic E-state index is -0.475. The van der Waals surface area contributed by atoms with Gasteiger partial charge < -0.3 is 19.9 Å². The number of nitrogens with one attached hydrogen (secondary N) is 1. The Morgan fingerprint density at radius 2 is 2.07 bits per heavy atom. The number of fused-ring (bicyclic) bond motifs is 1. The average molecular weight is 408 g/mol. The minimum Gasteiger partial charge on any atom is -0.444 e. The van der Waals surface area contributed by atoms with Crippen LogP contribution in [0.5, 0.6) is 0 Å². The summed E-state index contributed by atoms with van der Waals surface area (Å²) in [5.41, 5.74) is 2.77. The lowest BCUT2D eigenvalue weighted by Crippen LogP contribution is -2.57. The zero-order valence-corrected chi connectivity index (χ0v) is 17.8. The molecule has 1 unspecified atom stereocenters. The summed E-state index contributed by atoms with van der Waals surface area (Å²) in [6.07, 6.45) is 1.57. The fourth-order valence-corrected chi connectivity index (χ4v) is 3.78. The molecule has 1 amide bonds. The zero-order chi connectivity index (χ0) is 21.1. The number of hydrogen-bond donors (Lipinski definition) is 1. The Hall–Kier alpha value is -3.09. The smallest absolute Gasteiger partial charge is 0.410 e. The Morgan fingerprint density at radius 3 is 2.83 bits per heavy atom. The quantitative estimate of drug-likeness (QED) is 0.847. The van der Waals surface area contributed by atoms with Crippen LogP contribution in [0.3, 0.4) is 0 Å². The Kier molecular flexibility index (Phi) is 5.61. The molecule has 0 radical (unpaired) electrons. The van der Waals surface area contributed by atoms with Gasteiger partial charge in [-0.25, -0.2) is 4.79 Å². The fraction of sp³-hybridized carbons (Fsp3) is 0.435. The van der Waals surface area contributed by atoms with E-state index in [0.29, 0.717) is 26.2 Å². The van der Waals surface area contributed by atoms with E-state index in [4.69, 9.17) is 4.74 Å².